The van der Waals surface area contributed by atoms with E-state index in [9.17, 15) is 4.79 Å². The first-order valence-electron chi connectivity index (χ1n) is 4.12. The van der Waals surface area contributed by atoms with Gasteiger partial charge in [-0.15, -0.1) is 0 Å². The Morgan fingerprint density at radius 1 is 1.57 bits per heavy atom. The maximum Gasteiger partial charge on any atom is 0.332 e. The van der Waals surface area contributed by atoms with Crippen molar-refractivity contribution in [2.24, 2.45) is 4.99 Å². The van der Waals surface area contributed by atoms with E-state index >= 15 is 0 Å². The molecule has 72 valence electrons. The van der Waals surface area contributed by atoms with Gasteiger partial charge in [0.1, 0.15) is 12.3 Å². The lowest BCUT2D eigenvalue weighted by molar-refractivity contribution is -0.138. The number of hydrogen-bond donors (Lipinski definition) is 1. The Labute approximate surface area is 80.1 Å². The van der Waals surface area contributed by atoms with Gasteiger partial charge in [-0.2, -0.15) is 0 Å². The zero-order valence-corrected chi connectivity index (χ0v) is 7.25. The van der Waals surface area contributed by atoms with Crippen LogP contribution in [0.5, 0.6) is 0 Å². The van der Waals surface area contributed by atoms with Gasteiger partial charge in [0.25, 0.3) is 0 Å². The van der Waals surface area contributed by atoms with Crippen molar-refractivity contribution in [3.8, 4) is 0 Å². The average molecular weight is 192 g/mol. The Hall–Kier alpha value is -1.91. The minimum atomic E-state index is -0.976. The first-order valence-corrected chi connectivity index (χ1v) is 4.12. The van der Waals surface area contributed by atoms with Gasteiger partial charge < -0.3 is 9.84 Å². The second-order valence-electron chi connectivity index (χ2n) is 2.81. The Kier molecular flexibility index (Phi) is 2.14. The van der Waals surface area contributed by atoms with Crippen LogP contribution in [0.4, 0.5) is 0 Å². The summed E-state index contributed by atoms with van der Waals surface area (Å²) in [6.07, 6.45) is 1.61. The molecule has 2 heterocycles. The summed E-state index contributed by atoms with van der Waals surface area (Å²) < 4.78 is 5.12. The SMILES string of the molecule is O=C(O)C1COC(c2ccccn2)=N1. The zero-order valence-electron chi connectivity index (χ0n) is 7.25. The molecule has 2 rings (SSSR count). The highest BCUT2D eigenvalue weighted by molar-refractivity contribution is 5.95. The number of aliphatic carboxylic acids is 1. The van der Waals surface area contributed by atoms with Crippen LogP contribution in [0.15, 0.2) is 29.4 Å². The third-order valence-electron chi connectivity index (χ3n) is 1.82. The third-order valence-corrected chi connectivity index (χ3v) is 1.82. The summed E-state index contributed by atoms with van der Waals surface area (Å²) in [5, 5.41) is 8.67. The van der Waals surface area contributed by atoms with Crippen molar-refractivity contribution < 1.29 is 14.6 Å². The van der Waals surface area contributed by atoms with Gasteiger partial charge in [-0.1, -0.05) is 6.07 Å². The summed E-state index contributed by atoms with van der Waals surface area (Å²) >= 11 is 0. The molecule has 0 aromatic carbocycles. The molecule has 14 heavy (non-hydrogen) atoms. The normalized spacial score (nSPS) is 20.0. The van der Waals surface area contributed by atoms with Gasteiger partial charge in [-0.05, 0) is 12.1 Å². The molecule has 0 aliphatic carbocycles. The van der Waals surface area contributed by atoms with Gasteiger partial charge in [-0.25, -0.2) is 9.79 Å². The number of aliphatic imine (C=N–C) groups is 1. The van der Waals surface area contributed by atoms with Crippen molar-refractivity contribution in [3.63, 3.8) is 0 Å². The Morgan fingerprint density at radius 3 is 3.00 bits per heavy atom. The van der Waals surface area contributed by atoms with Crippen molar-refractivity contribution in [2.75, 3.05) is 6.61 Å². The Morgan fingerprint density at radius 2 is 2.43 bits per heavy atom. The molecule has 0 saturated heterocycles. The van der Waals surface area contributed by atoms with Crippen molar-refractivity contribution in [1.29, 1.82) is 0 Å². The molecule has 0 spiro atoms. The summed E-state index contributed by atoms with van der Waals surface area (Å²) in [7, 11) is 0. The van der Waals surface area contributed by atoms with E-state index in [2.05, 4.69) is 9.98 Å². The van der Waals surface area contributed by atoms with Crippen LogP contribution in [0.25, 0.3) is 0 Å². The fourth-order valence-electron chi connectivity index (χ4n) is 1.13. The van der Waals surface area contributed by atoms with E-state index in [0.29, 0.717) is 11.6 Å². The standard InChI is InChI=1S/C9H8N2O3/c12-9(13)7-5-14-8(11-7)6-3-1-2-4-10-6/h1-4,7H,5H2,(H,12,13). The molecule has 0 fully saturated rings. The number of carbonyl (C=O) groups is 1. The summed E-state index contributed by atoms with van der Waals surface area (Å²) in [6.45, 7) is 0.0846. The predicted octanol–water partition coefficient (Wildman–Crippen LogP) is 0.312. The Bertz CT molecular complexity index is 375. The molecule has 1 aromatic heterocycles. The van der Waals surface area contributed by atoms with Crippen molar-refractivity contribution >= 4 is 11.9 Å². The molecule has 1 unspecified atom stereocenters. The van der Waals surface area contributed by atoms with Gasteiger partial charge in [0.2, 0.25) is 5.90 Å². The van der Waals surface area contributed by atoms with Crippen molar-refractivity contribution in [2.45, 2.75) is 6.04 Å². The maximum absolute atomic E-state index is 10.6. The molecule has 1 aromatic rings. The maximum atomic E-state index is 10.6. The lowest BCUT2D eigenvalue weighted by Gasteiger charge is -1.97. The molecule has 0 bridgehead atoms. The number of nitrogens with zero attached hydrogens (tertiary/aromatic N) is 2. The number of ether oxygens (including phenoxy) is 1. The lowest BCUT2D eigenvalue weighted by Crippen LogP contribution is -2.18. The molecular weight excluding hydrogens is 184 g/mol. The minimum absolute atomic E-state index is 0.0846. The van der Waals surface area contributed by atoms with Crippen LogP contribution in [0.3, 0.4) is 0 Å². The summed E-state index contributed by atoms with van der Waals surface area (Å²) in [5.41, 5.74) is 0.566. The first kappa shape index (κ1) is 8.68. The average Bonchev–Trinajstić information content (AvgIpc) is 2.68. The van der Waals surface area contributed by atoms with E-state index in [0.717, 1.165) is 0 Å². The van der Waals surface area contributed by atoms with Gasteiger partial charge in [0.05, 0.1) is 0 Å². The highest BCUT2D eigenvalue weighted by atomic mass is 16.5. The number of carboxylic acid groups (broad SMARTS) is 1. The second-order valence-corrected chi connectivity index (χ2v) is 2.81. The van der Waals surface area contributed by atoms with Crippen LogP contribution in [0.1, 0.15) is 5.69 Å². The van der Waals surface area contributed by atoms with E-state index in [4.69, 9.17) is 9.84 Å². The number of pyridine rings is 1. The van der Waals surface area contributed by atoms with Crippen LogP contribution in [0.2, 0.25) is 0 Å². The number of hydrogen-bond acceptors (Lipinski definition) is 4. The molecule has 5 nitrogen and oxygen atoms in total. The predicted molar refractivity (Wildman–Crippen MR) is 48.1 cm³/mol. The van der Waals surface area contributed by atoms with Gasteiger partial charge in [0.15, 0.2) is 6.04 Å². The van der Waals surface area contributed by atoms with E-state index in [1.165, 1.54) is 0 Å². The molecule has 5 heteroatoms. The molecule has 0 saturated carbocycles. The van der Waals surface area contributed by atoms with Crippen LogP contribution in [-0.4, -0.2) is 34.6 Å². The third kappa shape index (κ3) is 1.56. The van der Waals surface area contributed by atoms with Crippen LogP contribution in [0, 0.1) is 0 Å². The topological polar surface area (TPSA) is 71.8 Å². The minimum Gasteiger partial charge on any atom is -0.480 e. The summed E-state index contributed by atoms with van der Waals surface area (Å²) in [5.74, 6) is -0.672. The van der Waals surface area contributed by atoms with Crippen molar-refractivity contribution in [3.05, 3.63) is 30.1 Å². The summed E-state index contributed by atoms with van der Waals surface area (Å²) in [4.78, 5) is 18.5. The van der Waals surface area contributed by atoms with Gasteiger partial charge in [-0.3, -0.25) is 4.98 Å². The van der Waals surface area contributed by atoms with E-state index in [1.54, 1.807) is 24.4 Å². The number of rotatable bonds is 2. The number of carboxylic acids is 1. The van der Waals surface area contributed by atoms with Crippen LogP contribution in [-0.2, 0) is 9.53 Å². The van der Waals surface area contributed by atoms with Gasteiger partial charge in [0, 0.05) is 6.20 Å². The molecule has 1 aliphatic heterocycles. The lowest BCUT2D eigenvalue weighted by atomic mass is 10.3. The second kappa shape index (κ2) is 3.45. The molecule has 1 atom stereocenters. The fourth-order valence-corrected chi connectivity index (χ4v) is 1.13. The van der Waals surface area contributed by atoms with Crippen molar-refractivity contribution in [1.82, 2.24) is 4.98 Å². The molecular formula is C9H8N2O3. The molecule has 1 N–H and O–H groups in total. The number of aromatic nitrogens is 1. The zero-order chi connectivity index (χ0) is 9.97. The molecule has 0 radical (unpaired) electrons. The van der Waals surface area contributed by atoms with E-state index < -0.39 is 12.0 Å². The smallest absolute Gasteiger partial charge is 0.332 e. The van der Waals surface area contributed by atoms with E-state index in [-0.39, 0.29) is 6.61 Å². The van der Waals surface area contributed by atoms with E-state index in [1.807, 2.05) is 0 Å². The Balaban J connectivity index is 2.22. The molecule has 0 amide bonds. The van der Waals surface area contributed by atoms with Crippen LogP contribution < -0.4 is 0 Å². The largest absolute Gasteiger partial charge is 0.480 e. The highest BCUT2D eigenvalue weighted by Crippen LogP contribution is 2.09. The summed E-state index contributed by atoms with van der Waals surface area (Å²) in [6, 6.07) is 4.49. The molecule has 1 aliphatic rings. The van der Waals surface area contributed by atoms with Crippen LogP contribution >= 0.6 is 0 Å². The highest BCUT2D eigenvalue weighted by Gasteiger charge is 2.26. The monoisotopic (exact) mass is 192 g/mol. The first-order chi connectivity index (χ1) is 6.77. The quantitative estimate of drug-likeness (QED) is 0.732. The van der Waals surface area contributed by atoms with Gasteiger partial charge >= 0.3 is 5.97 Å². The fraction of sp³-hybridized carbons (Fsp3) is 0.222.